The maximum atomic E-state index is 12.8. The van der Waals surface area contributed by atoms with Gasteiger partial charge in [-0.25, -0.2) is 0 Å². The summed E-state index contributed by atoms with van der Waals surface area (Å²) in [5, 5.41) is 0. The van der Waals surface area contributed by atoms with Crippen molar-refractivity contribution >= 4 is 23.2 Å². The third kappa shape index (κ3) is 2.67. The van der Waals surface area contributed by atoms with Gasteiger partial charge in [-0.1, -0.05) is 31.3 Å². The number of nitrogens with two attached hydrogens (primary N) is 1. The van der Waals surface area contributed by atoms with Crippen LogP contribution in [0.5, 0.6) is 0 Å². The Kier molecular flexibility index (Phi) is 4.24. The smallest absolute Gasteiger partial charge is 0.312 e. The van der Waals surface area contributed by atoms with Gasteiger partial charge in [-0.3, -0.25) is 4.79 Å². The molecule has 1 aromatic rings. The highest BCUT2D eigenvalue weighted by Crippen LogP contribution is 2.67. The molecule has 0 aromatic heterocycles. The van der Waals surface area contributed by atoms with Crippen molar-refractivity contribution in [2.75, 3.05) is 0 Å². The van der Waals surface area contributed by atoms with Gasteiger partial charge in [0.1, 0.15) is 10.6 Å². The largest absolute Gasteiger partial charge is 0.458 e. The summed E-state index contributed by atoms with van der Waals surface area (Å²) in [7, 11) is 0. The molecule has 2 N–H and O–H groups in total. The van der Waals surface area contributed by atoms with Crippen LogP contribution in [0.3, 0.4) is 0 Å². The first-order valence-electron chi connectivity index (χ1n) is 11.3. The predicted octanol–water partition coefficient (Wildman–Crippen LogP) is 5.28. The van der Waals surface area contributed by atoms with Crippen molar-refractivity contribution < 1.29 is 9.53 Å². The normalized spacial score (nSPS) is 40.0. The minimum absolute atomic E-state index is 0.0204. The summed E-state index contributed by atoms with van der Waals surface area (Å²) in [6, 6.07) is 6.62. The SMILES string of the molecule is CC1(C)CC[C@@]2(CC[C@H]3[C@@H]4CCc5cc(C(N)=S)ccc5[C@H]4CC[C@@]32C)OC1=O. The fourth-order valence-corrected chi connectivity index (χ4v) is 7.52. The van der Waals surface area contributed by atoms with Gasteiger partial charge in [0.05, 0.1) is 5.41 Å². The molecule has 1 heterocycles. The molecule has 0 radical (unpaired) electrons. The van der Waals surface area contributed by atoms with Gasteiger partial charge in [0, 0.05) is 11.0 Å². The zero-order valence-electron chi connectivity index (χ0n) is 17.9. The van der Waals surface area contributed by atoms with E-state index in [0.717, 1.165) is 37.7 Å². The maximum absolute atomic E-state index is 12.8. The van der Waals surface area contributed by atoms with Gasteiger partial charge in [0.15, 0.2) is 0 Å². The van der Waals surface area contributed by atoms with Crippen LogP contribution >= 0.6 is 12.2 Å². The molecule has 1 saturated heterocycles. The Labute approximate surface area is 179 Å². The molecule has 4 aliphatic rings. The van der Waals surface area contributed by atoms with E-state index in [1.54, 1.807) is 0 Å². The Morgan fingerprint density at radius 1 is 1.10 bits per heavy atom. The number of hydrogen-bond acceptors (Lipinski definition) is 3. The Bertz CT molecular complexity index is 893. The molecule has 156 valence electrons. The third-order valence-corrected chi connectivity index (χ3v) is 9.53. The molecule has 3 fully saturated rings. The Hall–Kier alpha value is -1.42. The van der Waals surface area contributed by atoms with Crippen LogP contribution in [-0.2, 0) is 16.0 Å². The fraction of sp³-hybridized carbons (Fsp3) is 0.680. The fourth-order valence-electron chi connectivity index (χ4n) is 7.39. The molecule has 0 amide bonds. The highest BCUT2D eigenvalue weighted by atomic mass is 32.1. The molecule has 5 atom stereocenters. The first-order chi connectivity index (χ1) is 13.7. The average molecular weight is 412 g/mol. The van der Waals surface area contributed by atoms with Crippen molar-refractivity contribution in [2.24, 2.45) is 28.4 Å². The highest BCUT2D eigenvalue weighted by Gasteiger charge is 2.65. The number of carbonyl (C=O) groups is 1. The van der Waals surface area contributed by atoms with Crippen LogP contribution in [0, 0.1) is 22.7 Å². The van der Waals surface area contributed by atoms with Crippen molar-refractivity contribution in [3.05, 3.63) is 34.9 Å². The summed E-state index contributed by atoms with van der Waals surface area (Å²) in [5.74, 6) is 2.00. The topological polar surface area (TPSA) is 52.3 Å². The second-order valence-corrected chi connectivity index (χ2v) is 11.4. The Morgan fingerprint density at radius 3 is 2.62 bits per heavy atom. The van der Waals surface area contributed by atoms with E-state index in [-0.39, 0.29) is 22.4 Å². The van der Waals surface area contributed by atoms with Crippen molar-refractivity contribution in [1.29, 1.82) is 0 Å². The van der Waals surface area contributed by atoms with E-state index in [9.17, 15) is 4.79 Å². The lowest BCUT2D eigenvalue weighted by Crippen LogP contribution is -2.56. The molecule has 4 heteroatoms. The number of esters is 1. The number of ether oxygens (including phenoxy) is 1. The maximum Gasteiger partial charge on any atom is 0.312 e. The van der Waals surface area contributed by atoms with Crippen LogP contribution in [0.2, 0.25) is 0 Å². The van der Waals surface area contributed by atoms with Crippen molar-refractivity contribution in [3.8, 4) is 0 Å². The van der Waals surface area contributed by atoms with Crippen molar-refractivity contribution in [3.63, 3.8) is 0 Å². The van der Waals surface area contributed by atoms with E-state index >= 15 is 0 Å². The second kappa shape index (κ2) is 6.29. The molecule has 3 nitrogen and oxygen atoms in total. The molecule has 5 rings (SSSR count). The van der Waals surface area contributed by atoms with Gasteiger partial charge in [-0.15, -0.1) is 0 Å². The van der Waals surface area contributed by atoms with Gasteiger partial charge in [-0.2, -0.15) is 0 Å². The Balaban J connectivity index is 1.45. The van der Waals surface area contributed by atoms with Crippen LogP contribution in [-0.4, -0.2) is 16.6 Å². The molecule has 0 bridgehead atoms. The zero-order chi connectivity index (χ0) is 20.6. The van der Waals surface area contributed by atoms with Crippen LogP contribution in [0.15, 0.2) is 18.2 Å². The van der Waals surface area contributed by atoms with Gasteiger partial charge in [-0.05, 0) is 100 Å². The van der Waals surface area contributed by atoms with E-state index in [1.807, 2.05) is 13.8 Å². The Morgan fingerprint density at radius 2 is 1.90 bits per heavy atom. The third-order valence-electron chi connectivity index (χ3n) is 9.30. The minimum atomic E-state index is -0.331. The summed E-state index contributed by atoms with van der Waals surface area (Å²) < 4.78 is 6.35. The number of carbonyl (C=O) groups excluding carboxylic acids is 1. The summed E-state index contributed by atoms with van der Waals surface area (Å²) in [6.07, 6.45) is 8.92. The van der Waals surface area contributed by atoms with Crippen LogP contribution in [0.25, 0.3) is 0 Å². The van der Waals surface area contributed by atoms with Gasteiger partial charge >= 0.3 is 5.97 Å². The first-order valence-corrected chi connectivity index (χ1v) is 11.7. The van der Waals surface area contributed by atoms with Crippen molar-refractivity contribution in [2.45, 2.75) is 83.7 Å². The van der Waals surface area contributed by atoms with Crippen LogP contribution < -0.4 is 5.73 Å². The number of fused-ring (bicyclic) bond motifs is 6. The molecule has 0 unspecified atom stereocenters. The lowest BCUT2D eigenvalue weighted by Gasteiger charge is -2.56. The lowest BCUT2D eigenvalue weighted by molar-refractivity contribution is -0.206. The van der Waals surface area contributed by atoms with Crippen LogP contribution in [0.1, 0.15) is 88.3 Å². The molecule has 2 saturated carbocycles. The lowest BCUT2D eigenvalue weighted by atomic mass is 9.52. The van der Waals surface area contributed by atoms with E-state index < -0.39 is 0 Å². The summed E-state index contributed by atoms with van der Waals surface area (Å²) >= 11 is 5.19. The van der Waals surface area contributed by atoms with E-state index in [4.69, 9.17) is 22.7 Å². The quantitative estimate of drug-likeness (QED) is 0.505. The molecule has 1 aromatic carbocycles. The summed E-state index contributed by atoms with van der Waals surface area (Å²) in [5.41, 5.74) is 9.38. The highest BCUT2D eigenvalue weighted by molar-refractivity contribution is 7.80. The minimum Gasteiger partial charge on any atom is -0.458 e. The van der Waals surface area contributed by atoms with E-state index in [2.05, 4.69) is 25.1 Å². The molecule has 1 spiro atoms. The number of thiocarbonyl (C=S) groups is 1. The number of aryl methyl sites for hydroxylation is 1. The van der Waals surface area contributed by atoms with Gasteiger partial charge < -0.3 is 10.5 Å². The average Bonchev–Trinajstić information content (AvgIpc) is 2.97. The summed E-state index contributed by atoms with van der Waals surface area (Å²) in [4.78, 5) is 13.3. The number of hydrogen-bond donors (Lipinski definition) is 1. The summed E-state index contributed by atoms with van der Waals surface area (Å²) in [6.45, 7) is 6.51. The number of rotatable bonds is 1. The number of benzene rings is 1. The zero-order valence-corrected chi connectivity index (χ0v) is 18.7. The predicted molar refractivity (Wildman–Crippen MR) is 119 cm³/mol. The molecule has 1 aliphatic heterocycles. The standard InChI is InChI=1S/C25H33NO2S/c1-23(2)12-13-25(28-22(23)27)11-9-20-19-7-4-15-14-16(21(26)29)5-6-17(15)18(19)8-10-24(20,25)3/h5-6,14,18-20H,4,7-13H2,1-3H3,(H2,26,29)/t18-,19-,20+,24+,25-/m1/s1. The monoisotopic (exact) mass is 411 g/mol. The van der Waals surface area contributed by atoms with E-state index in [0.29, 0.717) is 22.7 Å². The molecule has 3 aliphatic carbocycles. The van der Waals surface area contributed by atoms with E-state index in [1.165, 1.54) is 30.4 Å². The van der Waals surface area contributed by atoms with Gasteiger partial charge in [0.25, 0.3) is 0 Å². The molecular formula is C25H33NO2S. The molecule has 29 heavy (non-hydrogen) atoms. The van der Waals surface area contributed by atoms with Gasteiger partial charge in [0.2, 0.25) is 0 Å². The van der Waals surface area contributed by atoms with Crippen LogP contribution in [0.4, 0.5) is 0 Å². The van der Waals surface area contributed by atoms with Crippen molar-refractivity contribution in [1.82, 2.24) is 0 Å². The first kappa shape index (κ1) is 19.5. The molecular weight excluding hydrogens is 378 g/mol. The second-order valence-electron chi connectivity index (χ2n) is 11.0.